The Morgan fingerprint density at radius 2 is 1.85 bits per heavy atom. The molecule has 1 aliphatic rings. The van der Waals surface area contributed by atoms with Crippen LogP contribution in [0, 0.1) is 13.8 Å². The second kappa shape index (κ2) is 7.75. The van der Waals surface area contributed by atoms with Crippen molar-refractivity contribution in [2.24, 2.45) is 0 Å². The normalized spacial score (nSPS) is 17.9. The zero-order valence-corrected chi connectivity index (χ0v) is 16.8. The van der Waals surface area contributed by atoms with Gasteiger partial charge in [-0.25, -0.2) is 0 Å². The van der Waals surface area contributed by atoms with Gasteiger partial charge in [0, 0.05) is 17.7 Å². The van der Waals surface area contributed by atoms with Gasteiger partial charge in [0.25, 0.3) is 0 Å². The average molecular weight is 370 g/mol. The number of ether oxygens (including phenoxy) is 1. The highest BCUT2D eigenvalue weighted by atomic mass is 32.2. The Hall–Kier alpha value is -1.94. The average Bonchev–Trinajstić information content (AvgIpc) is 2.57. The predicted octanol–water partition coefficient (Wildman–Crippen LogP) is 4.96. The number of hydrogen-bond acceptors (Lipinski definition) is 3. The third-order valence-corrected chi connectivity index (χ3v) is 5.58. The minimum absolute atomic E-state index is 0.00104. The van der Waals surface area contributed by atoms with Crippen molar-refractivity contribution >= 4 is 17.7 Å². The first-order chi connectivity index (χ1) is 12.3. The van der Waals surface area contributed by atoms with Gasteiger partial charge < -0.3 is 10.1 Å². The molecule has 1 unspecified atom stereocenters. The van der Waals surface area contributed by atoms with Crippen LogP contribution in [0.3, 0.4) is 0 Å². The van der Waals surface area contributed by atoms with Crippen molar-refractivity contribution in [3.05, 3.63) is 64.7 Å². The number of hydrogen-bond donors (Lipinski definition) is 1. The molecule has 0 aromatic heterocycles. The highest BCUT2D eigenvalue weighted by Gasteiger charge is 2.34. The smallest absolute Gasteiger partial charge is 0.230 e. The SMILES string of the molecule is Cc1ccc(CSCC(=O)NC2CC(C)(C)Oc3ccc(C)cc32)cc1. The van der Waals surface area contributed by atoms with Gasteiger partial charge in [-0.15, -0.1) is 11.8 Å². The Labute approximate surface area is 160 Å². The highest BCUT2D eigenvalue weighted by molar-refractivity contribution is 7.99. The number of carbonyl (C=O) groups excluding carboxylic acids is 1. The fourth-order valence-corrected chi connectivity index (χ4v) is 4.08. The molecule has 1 aliphatic heterocycles. The standard InChI is InChI=1S/C22H27NO2S/c1-15-5-8-17(9-6-15)13-26-14-21(24)23-19-12-22(3,4)25-20-10-7-16(2)11-18(19)20/h5-11,19H,12-14H2,1-4H3,(H,23,24). The van der Waals surface area contributed by atoms with E-state index in [9.17, 15) is 4.79 Å². The molecule has 1 amide bonds. The summed E-state index contributed by atoms with van der Waals surface area (Å²) in [6.45, 7) is 8.29. The van der Waals surface area contributed by atoms with Crippen LogP contribution >= 0.6 is 11.8 Å². The molecule has 26 heavy (non-hydrogen) atoms. The molecule has 0 radical (unpaired) electrons. The molecule has 1 atom stereocenters. The van der Waals surface area contributed by atoms with Crippen molar-refractivity contribution in [3.63, 3.8) is 0 Å². The van der Waals surface area contributed by atoms with Gasteiger partial charge in [0.1, 0.15) is 11.4 Å². The van der Waals surface area contributed by atoms with Crippen LogP contribution in [0.5, 0.6) is 5.75 Å². The van der Waals surface area contributed by atoms with Gasteiger partial charge >= 0.3 is 0 Å². The van der Waals surface area contributed by atoms with E-state index in [1.165, 1.54) is 16.7 Å². The molecule has 2 aromatic carbocycles. The molecule has 1 heterocycles. The molecule has 3 nitrogen and oxygen atoms in total. The van der Waals surface area contributed by atoms with Crippen LogP contribution in [0.25, 0.3) is 0 Å². The number of thioether (sulfide) groups is 1. The van der Waals surface area contributed by atoms with E-state index in [2.05, 4.69) is 69.4 Å². The first kappa shape index (κ1) is 18.8. The zero-order valence-electron chi connectivity index (χ0n) is 16.0. The van der Waals surface area contributed by atoms with Crippen LogP contribution in [0.15, 0.2) is 42.5 Å². The van der Waals surface area contributed by atoms with Crippen LogP contribution < -0.4 is 10.1 Å². The molecule has 0 aliphatic carbocycles. The Morgan fingerprint density at radius 1 is 1.15 bits per heavy atom. The van der Waals surface area contributed by atoms with Gasteiger partial charge in [0.2, 0.25) is 5.91 Å². The van der Waals surface area contributed by atoms with E-state index in [0.717, 1.165) is 23.5 Å². The third kappa shape index (κ3) is 4.82. The van der Waals surface area contributed by atoms with Gasteiger partial charge in [-0.2, -0.15) is 0 Å². The fourth-order valence-electron chi connectivity index (χ4n) is 3.28. The van der Waals surface area contributed by atoms with Crippen molar-refractivity contribution in [2.75, 3.05) is 5.75 Å². The third-order valence-electron chi connectivity index (χ3n) is 4.58. The maximum atomic E-state index is 12.5. The minimum atomic E-state index is -0.282. The second-order valence-electron chi connectivity index (χ2n) is 7.71. The number of rotatable bonds is 5. The zero-order chi connectivity index (χ0) is 18.7. The Kier molecular flexibility index (Phi) is 5.61. The number of amides is 1. The number of fused-ring (bicyclic) bond motifs is 1. The van der Waals surface area contributed by atoms with Crippen LogP contribution in [-0.4, -0.2) is 17.3 Å². The summed E-state index contributed by atoms with van der Waals surface area (Å²) in [6.07, 6.45) is 0.776. The van der Waals surface area contributed by atoms with E-state index < -0.39 is 0 Å². The number of carbonyl (C=O) groups is 1. The summed E-state index contributed by atoms with van der Waals surface area (Å²) in [7, 11) is 0. The van der Waals surface area contributed by atoms with Crippen molar-refractivity contribution in [1.82, 2.24) is 5.32 Å². The van der Waals surface area contributed by atoms with Crippen LogP contribution in [-0.2, 0) is 10.5 Å². The maximum absolute atomic E-state index is 12.5. The summed E-state index contributed by atoms with van der Waals surface area (Å²) in [5.41, 5.74) is 4.49. The highest BCUT2D eigenvalue weighted by Crippen LogP contribution is 2.39. The molecule has 1 N–H and O–H groups in total. The van der Waals surface area contributed by atoms with Crippen LogP contribution in [0.1, 0.15) is 48.6 Å². The molecular formula is C22H27NO2S. The number of aryl methyl sites for hydroxylation is 2. The van der Waals surface area contributed by atoms with Crippen molar-refractivity contribution < 1.29 is 9.53 Å². The van der Waals surface area contributed by atoms with E-state index >= 15 is 0 Å². The quantitative estimate of drug-likeness (QED) is 0.810. The van der Waals surface area contributed by atoms with Gasteiger partial charge in [0.15, 0.2) is 0 Å². The largest absolute Gasteiger partial charge is 0.487 e. The fraction of sp³-hybridized carbons (Fsp3) is 0.409. The number of benzene rings is 2. The first-order valence-corrected chi connectivity index (χ1v) is 10.2. The second-order valence-corrected chi connectivity index (χ2v) is 8.69. The molecule has 4 heteroatoms. The summed E-state index contributed by atoms with van der Waals surface area (Å²) < 4.78 is 6.08. The molecule has 0 bridgehead atoms. The lowest BCUT2D eigenvalue weighted by atomic mass is 9.89. The van der Waals surface area contributed by atoms with Gasteiger partial charge in [-0.05, 0) is 39.3 Å². The Balaban J connectivity index is 1.60. The molecule has 0 fully saturated rings. The van der Waals surface area contributed by atoms with Gasteiger partial charge in [-0.3, -0.25) is 4.79 Å². The van der Waals surface area contributed by atoms with E-state index in [1.54, 1.807) is 11.8 Å². The lowest BCUT2D eigenvalue weighted by molar-refractivity contribution is -0.119. The lowest BCUT2D eigenvalue weighted by Crippen LogP contribution is -2.41. The van der Waals surface area contributed by atoms with E-state index in [0.29, 0.717) is 5.75 Å². The molecule has 0 saturated carbocycles. The predicted molar refractivity (Wildman–Crippen MR) is 109 cm³/mol. The van der Waals surface area contributed by atoms with Crippen molar-refractivity contribution in [2.45, 2.75) is 51.5 Å². The van der Waals surface area contributed by atoms with Crippen LogP contribution in [0.4, 0.5) is 0 Å². The summed E-state index contributed by atoms with van der Waals surface area (Å²) in [5.74, 6) is 2.27. The lowest BCUT2D eigenvalue weighted by Gasteiger charge is -2.38. The molecule has 0 spiro atoms. The van der Waals surface area contributed by atoms with Crippen LogP contribution in [0.2, 0.25) is 0 Å². The van der Waals surface area contributed by atoms with Crippen molar-refractivity contribution in [1.29, 1.82) is 0 Å². The van der Waals surface area contributed by atoms with E-state index in [-0.39, 0.29) is 17.6 Å². The number of nitrogens with one attached hydrogen (secondary N) is 1. The Bertz CT molecular complexity index is 783. The summed E-state index contributed by atoms with van der Waals surface area (Å²) in [4.78, 5) is 12.5. The van der Waals surface area contributed by atoms with E-state index in [4.69, 9.17) is 4.74 Å². The molecular weight excluding hydrogens is 342 g/mol. The first-order valence-electron chi connectivity index (χ1n) is 9.05. The summed E-state index contributed by atoms with van der Waals surface area (Å²) >= 11 is 1.65. The molecule has 3 rings (SSSR count). The monoisotopic (exact) mass is 369 g/mol. The summed E-state index contributed by atoms with van der Waals surface area (Å²) in [5, 5.41) is 3.21. The minimum Gasteiger partial charge on any atom is -0.487 e. The molecule has 0 saturated heterocycles. The topological polar surface area (TPSA) is 38.3 Å². The molecule has 2 aromatic rings. The van der Waals surface area contributed by atoms with Crippen molar-refractivity contribution in [3.8, 4) is 5.75 Å². The van der Waals surface area contributed by atoms with Gasteiger partial charge in [0.05, 0.1) is 11.8 Å². The molecule has 138 valence electrons. The van der Waals surface area contributed by atoms with E-state index in [1.807, 2.05) is 6.07 Å². The van der Waals surface area contributed by atoms with Gasteiger partial charge in [-0.1, -0.05) is 47.5 Å². The Morgan fingerprint density at radius 3 is 2.58 bits per heavy atom. The maximum Gasteiger partial charge on any atom is 0.230 e. The summed E-state index contributed by atoms with van der Waals surface area (Å²) in [6, 6.07) is 14.7.